The van der Waals surface area contributed by atoms with Crippen LogP contribution in [0.1, 0.15) is 43.5 Å². The molecule has 1 aliphatic heterocycles. The van der Waals surface area contributed by atoms with Gasteiger partial charge >= 0.3 is 6.09 Å². The number of amides is 1. The normalized spacial score (nSPS) is 19.2. The first-order valence-corrected chi connectivity index (χ1v) is 9.84. The molecule has 2 N–H and O–H groups in total. The number of aliphatic hydroxyl groups excluding tert-OH is 1. The van der Waals surface area contributed by atoms with Crippen LogP contribution in [0.4, 0.5) is 10.5 Å². The molecule has 1 amide bonds. The number of carbonyl (C=O) groups excluding carboxylic acids is 1. The summed E-state index contributed by atoms with van der Waals surface area (Å²) in [7, 11) is 0. The van der Waals surface area contributed by atoms with Crippen LogP contribution in [-0.2, 0) is 4.74 Å². The summed E-state index contributed by atoms with van der Waals surface area (Å²) in [5.41, 5.74) is 0.127. The van der Waals surface area contributed by atoms with Crippen LogP contribution in [0.15, 0.2) is 47.5 Å². The van der Waals surface area contributed by atoms with Gasteiger partial charge in [-0.2, -0.15) is 10.3 Å². The molecule has 10 nitrogen and oxygen atoms in total. The Morgan fingerprint density at radius 2 is 2.03 bits per heavy atom. The van der Waals surface area contributed by atoms with Crippen LogP contribution in [0.5, 0.6) is 5.75 Å². The Balaban J connectivity index is 2.07. The highest BCUT2D eigenvalue weighted by Crippen LogP contribution is 2.40. The zero-order valence-corrected chi connectivity index (χ0v) is 17.7. The monoisotopic (exact) mass is 438 g/mol. The summed E-state index contributed by atoms with van der Waals surface area (Å²) in [6, 6.07) is 11.5. The van der Waals surface area contributed by atoms with Crippen molar-refractivity contribution in [3.8, 4) is 11.8 Å². The Hall–Kier alpha value is -3.97. The number of amidine groups is 1. The van der Waals surface area contributed by atoms with Gasteiger partial charge in [0, 0.05) is 23.3 Å². The van der Waals surface area contributed by atoms with E-state index in [4.69, 9.17) is 9.47 Å². The van der Waals surface area contributed by atoms with Gasteiger partial charge in [0.2, 0.25) is 0 Å². The standard InChI is InChI=1S/C22H22N4O6/c1-4-31-21(28)25-20(14-6-8-15(9-7-14)26(29)30)24-18-16-11-13(12-23)5-10-17(16)32-22(2,3)19(18)27/h5-11,18-19,27H,4H2,1-3H3,(H,24,25,28)/t18-,19+/m0/s1. The fourth-order valence-electron chi connectivity index (χ4n) is 3.34. The molecule has 2 atom stereocenters. The van der Waals surface area contributed by atoms with E-state index in [1.165, 1.54) is 24.3 Å². The lowest BCUT2D eigenvalue weighted by atomic mass is 9.85. The van der Waals surface area contributed by atoms with E-state index in [1.807, 2.05) is 0 Å². The second-order valence-electron chi connectivity index (χ2n) is 7.60. The molecule has 0 saturated carbocycles. The lowest BCUT2D eigenvalue weighted by Crippen LogP contribution is -2.53. The van der Waals surface area contributed by atoms with Crippen molar-refractivity contribution >= 4 is 17.6 Å². The molecule has 10 heteroatoms. The van der Waals surface area contributed by atoms with Gasteiger partial charge < -0.3 is 19.9 Å². The minimum atomic E-state index is -1.09. The molecule has 0 bridgehead atoms. The molecule has 0 unspecified atom stereocenters. The minimum absolute atomic E-state index is 0.0495. The van der Waals surface area contributed by atoms with Crippen molar-refractivity contribution in [1.29, 1.82) is 5.26 Å². The van der Waals surface area contributed by atoms with Gasteiger partial charge in [0.1, 0.15) is 23.3 Å². The molecular weight excluding hydrogens is 416 g/mol. The maximum Gasteiger partial charge on any atom is 0.435 e. The second-order valence-corrected chi connectivity index (χ2v) is 7.60. The highest BCUT2D eigenvalue weighted by Gasteiger charge is 2.43. The number of benzene rings is 2. The molecule has 166 valence electrons. The van der Waals surface area contributed by atoms with Crippen LogP contribution in [0.3, 0.4) is 0 Å². The predicted octanol–water partition coefficient (Wildman–Crippen LogP) is 3.23. The Morgan fingerprint density at radius 1 is 1.34 bits per heavy atom. The van der Waals surface area contributed by atoms with Crippen molar-refractivity contribution < 1.29 is 24.3 Å². The van der Waals surface area contributed by atoms with Crippen LogP contribution in [0, 0.1) is 21.4 Å². The third-order valence-electron chi connectivity index (χ3n) is 4.99. The molecule has 1 heterocycles. The number of hydrogen-bond donors (Lipinski definition) is 2. The van der Waals surface area contributed by atoms with Crippen LogP contribution in [0.25, 0.3) is 0 Å². The summed E-state index contributed by atoms with van der Waals surface area (Å²) < 4.78 is 10.8. The van der Waals surface area contributed by atoms with Gasteiger partial charge in [-0.25, -0.2) is 4.79 Å². The number of fused-ring (bicyclic) bond motifs is 1. The average Bonchev–Trinajstić information content (AvgIpc) is 2.76. The van der Waals surface area contributed by atoms with Crippen molar-refractivity contribution in [3.63, 3.8) is 0 Å². The van der Waals surface area contributed by atoms with E-state index in [2.05, 4.69) is 16.4 Å². The average molecular weight is 438 g/mol. The number of nitro groups is 1. The number of nitriles is 1. The maximum atomic E-state index is 12.1. The Labute approximate surface area is 184 Å². The van der Waals surface area contributed by atoms with Gasteiger partial charge in [-0.05, 0) is 51.1 Å². The number of nitro benzene ring substituents is 1. The Kier molecular flexibility index (Phi) is 6.41. The smallest absolute Gasteiger partial charge is 0.435 e. The number of aliphatic hydroxyl groups is 1. The van der Waals surface area contributed by atoms with Gasteiger partial charge in [-0.15, -0.1) is 0 Å². The topological polar surface area (TPSA) is 147 Å². The quantitative estimate of drug-likeness (QED) is 0.320. The largest absolute Gasteiger partial charge is 0.485 e. The molecule has 2 aromatic carbocycles. The first-order chi connectivity index (χ1) is 15.2. The Bertz CT molecular complexity index is 1100. The van der Waals surface area contributed by atoms with Crippen molar-refractivity contribution in [1.82, 2.24) is 5.32 Å². The predicted molar refractivity (Wildman–Crippen MR) is 114 cm³/mol. The number of ether oxygens (including phenoxy) is 2. The summed E-state index contributed by atoms with van der Waals surface area (Å²) in [5.74, 6) is 0.518. The van der Waals surface area contributed by atoms with Crippen LogP contribution < -0.4 is 10.1 Å². The fraction of sp³-hybridized carbons (Fsp3) is 0.318. The molecule has 0 radical (unpaired) electrons. The minimum Gasteiger partial charge on any atom is -0.485 e. The van der Waals surface area contributed by atoms with E-state index in [0.29, 0.717) is 22.4 Å². The second kappa shape index (κ2) is 9.03. The molecule has 0 aliphatic carbocycles. The van der Waals surface area contributed by atoms with E-state index in [0.717, 1.165) is 0 Å². The van der Waals surface area contributed by atoms with E-state index in [-0.39, 0.29) is 18.1 Å². The van der Waals surface area contributed by atoms with Gasteiger partial charge in [0.25, 0.3) is 5.69 Å². The van der Waals surface area contributed by atoms with Crippen LogP contribution in [0.2, 0.25) is 0 Å². The van der Waals surface area contributed by atoms with Gasteiger partial charge in [-0.3, -0.25) is 10.1 Å². The molecule has 0 saturated heterocycles. The molecular formula is C22H22N4O6. The highest BCUT2D eigenvalue weighted by atomic mass is 16.6. The van der Waals surface area contributed by atoms with E-state index < -0.39 is 28.8 Å². The summed E-state index contributed by atoms with van der Waals surface area (Å²) >= 11 is 0. The zero-order valence-electron chi connectivity index (χ0n) is 17.7. The third-order valence-corrected chi connectivity index (χ3v) is 4.99. The lowest BCUT2D eigenvalue weighted by molar-refractivity contribution is -0.384. The van der Waals surface area contributed by atoms with Gasteiger partial charge in [-0.1, -0.05) is 0 Å². The fourth-order valence-corrected chi connectivity index (χ4v) is 3.34. The van der Waals surface area contributed by atoms with E-state index in [1.54, 1.807) is 39.0 Å². The van der Waals surface area contributed by atoms with Gasteiger partial charge in [0.05, 0.1) is 29.2 Å². The third kappa shape index (κ3) is 4.68. The molecule has 32 heavy (non-hydrogen) atoms. The number of hydrogen-bond acceptors (Lipinski definition) is 7. The number of carbonyl (C=O) groups is 1. The molecule has 3 rings (SSSR count). The summed E-state index contributed by atoms with van der Waals surface area (Å²) in [4.78, 5) is 26.5. The lowest BCUT2D eigenvalue weighted by Gasteiger charge is -2.42. The molecule has 0 fully saturated rings. The van der Waals surface area contributed by atoms with Crippen LogP contribution in [-0.4, -0.2) is 40.3 Å². The number of nitrogens with zero attached hydrogens (tertiary/aromatic N) is 3. The maximum absolute atomic E-state index is 12.1. The number of nitrogens with one attached hydrogen (secondary N) is 1. The molecule has 0 spiro atoms. The first-order valence-electron chi connectivity index (χ1n) is 9.84. The molecule has 2 aromatic rings. The summed E-state index contributed by atoms with van der Waals surface area (Å²) in [6.45, 7) is 5.16. The number of non-ortho nitro benzene ring substituents is 1. The number of rotatable bonds is 4. The molecule has 1 aliphatic rings. The summed E-state index contributed by atoms with van der Waals surface area (Å²) in [6.07, 6.45) is -1.95. The van der Waals surface area contributed by atoms with Crippen molar-refractivity contribution in [2.24, 2.45) is 4.99 Å². The SMILES string of the molecule is CCOC(=O)/N=C(/N[C@H]1c2cc(C#N)ccc2OC(C)(C)[C@@H]1O)c1ccc([N+](=O)[O-])cc1. The van der Waals surface area contributed by atoms with E-state index in [9.17, 15) is 25.3 Å². The molecule has 0 aromatic heterocycles. The first kappa shape index (κ1) is 22.7. The number of aliphatic imine (C=N–C) groups is 1. The zero-order chi connectivity index (χ0) is 23.5. The van der Waals surface area contributed by atoms with Gasteiger partial charge in [0.15, 0.2) is 0 Å². The Morgan fingerprint density at radius 3 is 2.62 bits per heavy atom. The van der Waals surface area contributed by atoms with Crippen molar-refractivity contribution in [2.75, 3.05) is 6.61 Å². The summed E-state index contributed by atoms with van der Waals surface area (Å²) in [5, 5.41) is 34.4. The van der Waals surface area contributed by atoms with Crippen molar-refractivity contribution in [2.45, 2.75) is 38.5 Å². The van der Waals surface area contributed by atoms with Crippen molar-refractivity contribution in [3.05, 3.63) is 69.3 Å². The van der Waals surface area contributed by atoms with Crippen LogP contribution >= 0.6 is 0 Å². The highest BCUT2D eigenvalue weighted by molar-refractivity contribution is 6.04. The van der Waals surface area contributed by atoms with E-state index >= 15 is 0 Å².